The minimum Gasteiger partial charge on any atom is -0.459 e. The summed E-state index contributed by atoms with van der Waals surface area (Å²) in [4.78, 5) is 37.4. The van der Waals surface area contributed by atoms with Gasteiger partial charge in [-0.1, -0.05) is 18.2 Å². The number of alkyl halides is 1. The first kappa shape index (κ1) is 23.2. The lowest BCUT2D eigenvalue weighted by Gasteiger charge is -2.36. The zero-order valence-electron chi connectivity index (χ0n) is 19.6. The Morgan fingerprint density at radius 1 is 1.20 bits per heavy atom. The first-order valence-corrected chi connectivity index (χ1v) is 11.4. The Morgan fingerprint density at radius 2 is 1.94 bits per heavy atom. The van der Waals surface area contributed by atoms with E-state index in [9.17, 15) is 9.59 Å². The number of nitrogens with zero attached hydrogens (tertiary/aromatic N) is 4. The Bertz CT molecular complexity index is 1260. The fraction of sp³-hybridized carbons (Fsp3) is 0.458. The molecule has 35 heavy (non-hydrogen) atoms. The molecule has 0 amide bonds. The van der Waals surface area contributed by atoms with Crippen LogP contribution in [0, 0.1) is 0 Å². The molecule has 1 aliphatic carbocycles. The number of carbonyl (C=O) groups is 2. The number of benzene rings is 1. The van der Waals surface area contributed by atoms with E-state index in [-0.39, 0.29) is 6.61 Å². The summed E-state index contributed by atoms with van der Waals surface area (Å²) in [5.41, 5.74) is -2.81. The fourth-order valence-corrected chi connectivity index (χ4v) is 4.32. The lowest BCUT2D eigenvalue weighted by Crippen LogP contribution is -2.55. The average Bonchev–Trinajstić information content (AvgIpc) is 3.50. The zero-order valence-corrected chi connectivity index (χ0v) is 19.6. The van der Waals surface area contributed by atoms with Crippen molar-refractivity contribution in [3.63, 3.8) is 0 Å². The second-order valence-corrected chi connectivity index (χ2v) is 9.18. The summed E-state index contributed by atoms with van der Waals surface area (Å²) in [6.45, 7) is 3.58. The van der Waals surface area contributed by atoms with Crippen molar-refractivity contribution in [3.05, 3.63) is 48.5 Å². The van der Waals surface area contributed by atoms with Crippen LogP contribution in [0.5, 0.6) is 0 Å². The van der Waals surface area contributed by atoms with Crippen LogP contribution in [-0.2, 0) is 19.0 Å². The molecule has 1 saturated heterocycles. The molecule has 184 valence electrons. The maximum Gasteiger partial charge on any atom is 0.338 e. The molecule has 2 unspecified atom stereocenters. The molecular weight excluding hydrogens is 457 g/mol. The van der Waals surface area contributed by atoms with Gasteiger partial charge >= 0.3 is 11.9 Å². The molecule has 0 spiro atoms. The maximum absolute atomic E-state index is 16.5. The Balaban J connectivity index is 1.46. The van der Waals surface area contributed by atoms with E-state index in [0.29, 0.717) is 28.6 Å². The van der Waals surface area contributed by atoms with Crippen molar-refractivity contribution < 1.29 is 28.2 Å². The molecule has 1 aliphatic heterocycles. The van der Waals surface area contributed by atoms with Gasteiger partial charge < -0.3 is 19.5 Å². The van der Waals surface area contributed by atoms with Crippen LogP contribution >= 0.6 is 0 Å². The number of esters is 2. The van der Waals surface area contributed by atoms with Gasteiger partial charge in [0.05, 0.1) is 11.9 Å². The number of carbonyl (C=O) groups excluding carboxylic acids is 2. The number of nitrogens with one attached hydrogen (secondary N) is 1. The number of rotatable bonds is 7. The van der Waals surface area contributed by atoms with Crippen molar-refractivity contribution in [2.45, 2.75) is 63.3 Å². The highest BCUT2D eigenvalue weighted by molar-refractivity contribution is 5.89. The molecule has 2 aromatic heterocycles. The van der Waals surface area contributed by atoms with Crippen molar-refractivity contribution >= 4 is 28.9 Å². The van der Waals surface area contributed by atoms with Crippen LogP contribution in [0.15, 0.2) is 43.0 Å². The topological polar surface area (TPSA) is 117 Å². The number of imidazole rings is 1. The summed E-state index contributed by atoms with van der Waals surface area (Å²) in [7, 11) is 0. The molecule has 5 rings (SSSR count). The molecule has 11 heteroatoms. The number of hydrogen-bond acceptors (Lipinski definition) is 9. The van der Waals surface area contributed by atoms with E-state index in [1.54, 1.807) is 30.3 Å². The lowest BCUT2D eigenvalue weighted by atomic mass is 9.84. The monoisotopic (exact) mass is 483 g/mol. The number of halogens is 1. The molecule has 10 nitrogen and oxygen atoms in total. The van der Waals surface area contributed by atoms with E-state index in [4.69, 9.17) is 14.2 Å². The number of hydrogen-bond donors (Lipinski definition) is 1. The van der Waals surface area contributed by atoms with Gasteiger partial charge in [-0.2, -0.15) is 0 Å². The third kappa shape index (κ3) is 4.09. The van der Waals surface area contributed by atoms with E-state index in [1.807, 2.05) is 0 Å². The highest BCUT2D eigenvalue weighted by Gasteiger charge is 2.66. The first-order chi connectivity index (χ1) is 16.7. The van der Waals surface area contributed by atoms with Gasteiger partial charge in [-0.15, -0.1) is 0 Å². The van der Waals surface area contributed by atoms with Gasteiger partial charge in [0.2, 0.25) is 0 Å². The number of ether oxygens (including phenoxy) is 3. The number of fused-ring (bicyclic) bond motifs is 1. The van der Waals surface area contributed by atoms with Crippen molar-refractivity contribution in [1.82, 2.24) is 19.5 Å². The molecule has 0 radical (unpaired) electrons. The van der Waals surface area contributed by atoms with Crippen molar-refractivity contribution in [1.29, 1.82) is 0 Å². The summed E-state index contributed by atoms with van der Waals surface area (Å²) in [6.07, 6.45) is 2.53. The normalized spacial score (nSPS) is 28.1. The highest BCUT2D eigenvalue weighted by atomic mass is 19.1. The number of aromatic nitrogens is 4. The van der Waals surface area contributed by atoms with E-state index >= 15 is 4.39 Å². The summed E-state index contributed by atoms with van der Waals surface area (Å²) >= 11 is 0. The third-order valence-corrected chi connectivity index (χ3v) is 6.60. The molecule has 1 aromatic carbocycles. The van der Waals surface area contributed by atoms with Crippen molar-refractivity contribution in [2.24, 2.45) is 0 Å². The van der Waals surface area contributed by atoms with E-state index in [0.717, 1.165) is 12.8 Å². The van der Waals surface area contributed by atoms with E-state index < -0.39 is 35.5 Å². The van der Waals surface area contributed by atoms with Crippen LogP contribution in [-0.4, -0.2) is 61.5 Å². The van der Waals surface area contributed by atoms with Crippen LogP contribution in [0.1, 0.15) is 50.2 Å². The Kier molecular flexibility index (Phi) is 5.66. The molecular formula is C24H26FN5O5. The average molecular weight is 484 g/mol. The highest BCUT2D eigenvalue weighted by Crippen LogP contribution is 2.51. The summed E-state index contributed by atoms with van der Waals surface area (Å²) in [5.74, 6) is -0.723. The van der Waals surface area contributed by atoms with Crippen LogP contribution in [0.4, 0.5) is 10.2 Å². The Labute approximate surface area is 200 Å². The molecule has 4 atom stereocenters. The Hall–Kier alpha value is -3.60. The Morgan fingerprint density at radius 3 is 2.63 bits per heavy atom. The largest absolute Gasteiger partial charge is 0.459 e. The fourth-order valence-electron chi connectivity index (χ4n) is 4.32. The second kappa shape index (κ2) is 8.56. The van der Waals surface area contributed by atoms with Crippen molar-refractivity contribution in [3.8, 4) is 0 Å². The molecule has 2 fully saturated rings. The van der Waals surface area contributed by atoms with Crippen LogP contribution in [0.2, 0.25) is 0 Å². The van der Waals surface area contributed by atoms with Gasteiger partial charge in [-0.05, 0) is 38.8 Å². The van der Waals surface area contributed by atoms with Gasteiger partial charge in [0.1, 0.15) is 19.0 Å². The second-order valence-electron chi connectivity index (χ2n) is 9.18. The van der Waals surface area contributed by atoms with E-state index in [1.165, 1.54) is 38.0 Å². The molecule has 3 heterocycles. The van der Waals surface area contributed by atoms with Gasteiger partial charge in [0.25, 0.3) is 0 Å². The molecule has 2 aliphatic rings. The zero-order chi connectivity index (χ0) is 24.8. The van der Waals surface area contributed by atoms with Crippen LogP contribution < -0.4 is 5.32 Å². The third-order valence-electron chi connectivity index (χ3n) is 6.60. The molecule has 0 bridgehead atoms. The minimum atomic E-state index is -2.23. The quantitative estimate of drug-likeness (QED) is 0.506. The standard InChI is InChI=1S/C24H26FN5O5/c1-14(31)35-24(3)17(11-33-21(32)15-7-5-4-6-8-15)34-22(23(24,2)25)30-13-28-18-19(29-16-9-10-16)26-12-27-20(18)30/h4-8,12-13,16-17,22H,9-11H2,1-3H3,(H,26,27,29)/t17-,22?,23+,24?/m1/s1. The van der Waals surface area contributed by atoms with Gasteiger partial charge in [-0.25, -0.2) is 24.1 Å². The van der Waals surface area contributed by atoms with Crippen LogP contribution in [0.25, 0.3) is 11.2 Å². The predicted octanol–water partition coefficient (Wildman–Crippen LogP) is 3.21. The van der Waals surface area contributed by atoms with Gasteiger partial charge in [-0.3, -0.25) is 9.36 Å². The van der Waals surface area contributed by atoms with Crippen LogP contribution in [0.3, 0.4) is 0 Å². The SMILES string of the molecule is CC(=O)OC1(C)[C@@H](COC(=O)c2ccccc2)OC(n2cnc3c(NC4CC4)ncnc32)[C@]1(C)F. The maximum atomic E-state index is 16.5. The van der Waals surface area contributed by atoms with Gasteiger partial charge in [0.15, 0.2) is 34.5 Å². The molecule has 1 saturated carbocycles. The van der Waals surface area contributed by atoms with Crippen molar-refractivity contribution in [2.75, 3.05) is 11.9 Å². The van der Waals surface area contributed by atoms with E-state index in [2.05, 4.69) is 20.3 Å². The number of anilines is 1. The molecule has 1 N–H and O–H groups in total. The summed E-state index contributed by atoms with van der Waals surface area (Å²) in [6, 6.07) is 8.74. The predicted molar refractivity (Wildman–Crippen MR) is 122 cm³/mol. The summed E-state index contributed by atoms with van der Waals surface area (Å²) in [5, 5.41) is 3.29. The smallest absolute Gasteiger partial charge is 0.338 e. The summed E-state index contributed by atoms with van der Waals surface area (Å²) < 4.78 is 35.0. The minimum absolute atomic E-state index is 0.330. The van der Waals surface area contributed by atoms with Gasteiger partial charge in [0, 0.05) is 13.0 Å². The lowest BCUT2D eigenvalue weighted by molar-refractivity contribution is -0.175. The first-order valence-electron chi connectivity index (χ1n) is 11.4. The molecule has 3 aromatic rings.